The Labute approximate surface area is 98.6 Å². The fraction of sp³-hybridized carbons (Fsp3) is 0.923. The zero-order chi connectivity index (χ0) is 12.2. The number of hydrogen-bond donors (Lipinski definition) is 2. The van der Waals surface area contributed by atoms with Crippen LogP contribution in [-0.4, -0.2) is 23.2 Å². The fourth-order valence-electron chi connectivity index (χ4n) is 2.44. The zero-order valence-corrected chi connectivity index (χ0v) is 10.8. The highest BCUT2D eigenvalue weighted by atomic mass is 16.3. The van der Waals surface area contributed by atoms with Gasteiger partial charge < -0.3 is 10.4 Å². The zero-order valence-electron chi connectivity index (χ0n) is 10.8. The molecule has 2 N–H and O–H groups in total. The third kappa shape index (κ3) is 2.57. The van der Waals surface area contributed by atoms with Crippen molar-refractivity contribution in [2.45, 2.75) is 64.8 Å². The van der Waals surface area contributed by atoms with Gasteiger partial charge in [-0.15, -0.1) is 0 Å². The Morgan fingerprint density at radius 1 is 1.38 bits per heavy atom. The standard InChI is InChI=1S/C13H25NO2/c1-4-12(3,10-15)14-11(16)13(5-2)8-6-7-9-13/h15H,4-10H2,1-3H3,(H,14,16). The average Bonchev–Trinajstić information content (AvgIpc) is 2.78. The van der Waals surface area contributed by atoms with Crippen LogP contribution in [0.25, 0.3) is 0 Å². The van der Waals surface area contributed by atoms with Crippen LogP contribution in [0.2, 0.25) is 0 Å². The van der Waals surface area contributed by atoms with Gasteiger partial charge in [0.2, 0.25) is 5.91 Å². The molecule has 0 aromatic carbocycles. The Kier molecular flexibility index (Phi) is 4.36. The molecule has 1 rings (SSSR count). The number of carbonyl (C=O) groups is 1. The van der Waals surface area contributed by atoms with Crippen molar-refractivity contribution in [1.82, 2.24) is 5.32 Å². The average molecular weight is 227 g/mol. The van der Waals surface area contributed by atoms with E-state index >= 15 is 0 Å². The Bertz CT molecular complexity index is 240. The summed E-state index contributed by atoms with van der Waals surface area (Å²) in [5.41, 5.74) is -0.618. The largest absolute Gasteiger partial charge is 0.394 e. The van der Waals surface area contributed by atoms with Crippen molar-refractivity contribution in [3.63, 3.8) is 0 Å². The summed E-state index contributed by atoms with van der Waals surface area (Å²) in [6.07, 6.45) is 5.98. The highest BCUT2D eigenvalue weighted by Crippen LogP contribution is 2.41. The minimum absolute atomic E-state index is 0.00896. The van der Waals surface area contributed by atoms with E-state index in [-0.39, 0.29) is 17.9 Å². The maximum atomic E-state index is 12.3. The topological polar surface area (TPSA) is 49.3 Å². The molecule has 0 bridgehead atoms. The van der Waals surface area contributed by atoms with Gasteiger partial charge in [0.25, 0.3) is 0 Å². The number of nitrogens with one attached hydrogen (secondary N) is 1. The van der Waals surface area contributed by atoms with Gasteiger partial charge in [-0.1, -0.05) is 26.7 Å². The Morgan fingerprint density at radius 3 is 2.31 bits per heavy atom. The van der Waals surface area contributed by atoms with E-state index in [0.717, 1.165) is 38.5 Å². The summed E-state index contributed by atoms with van der Waals surface area (Å²) < 4.78 is 0. The van der Waals surface area contributed by atoms with Crippen LogP contribution in [0, 0.1) is 5.41 Å². The lowest BCUT2D eigenvalue weighted by molar-refractivity contribution is -0.133. The van der Waals surface area contributed by atoms with Gasteiger partial charge in [0.1, 0.15) is 0 Å². The number of carbonyl (C=O) groups excluding carboxylic acids is 1. The summed E-state index contributed by atoms with van der Waals surface area (Å²) in [4.78, 5) is 12.3. The lowest BCUT2D eigenvalue weighted by atomic mass is 9.81. The molecular formula is C13H25NO2. The summed E-state index contributed by atoms with van der Waals surface area (Å²) >= 11 is 0. The van der Waals surface area contributed by atoms with E-state index in [1.54, 1.807) is 0 Å². The van der Waals surface area contributed by atoms with Gasteiger partial charge in [0, 0.05) is 5.41 Å². The van der Waals surface area contributed by atoms with Gasteiger partial charge in [-0.05, 0) is 32.6 Å². The molecule has 0 radical (unpaired) electrons. The third-order valence-corrected chi connectivity index (χ3v) is 4.26. The maximum absolute atomic E-state index is 12.3. The van der Waals surface area contributed by atoms with Crippen molar-refractivity contribution in [2.24, 2.45) is 5.41 Å². The number of aliphatic hydroxyl groups excluding tert-OH is 1. The summed E-state index contributed by atoms with van der Waals surface area (Å²) in [5.74, 6) is 0.144. The minimum Gasteiger partial charge on any atom is -0.394 e. The van der Waals surface area contributed by atoms with E-state index in [2.05, 4.69) is 12.2 Å². The summed E-state index contributed by atoms with van der Waals surface area (Å²) in [6, 6.07) is 0. The Balaban J connectivity index is 2.70. The molecule has 1 aliphatic rings. The summed E-state index contributed by atoms with van der Waals surface area (Å²) in [5, 5.41) is 12.4. The number of aliphatic hydroxyl groups is 1. The quantitative estimate of drug-likeness (QED) is 0.756. The SMILES string of the molecule is CCC(C)(CO)NC(=O)C1(CC)CCCC1. The molecule has 3 nitrogen and oxygen atoms in total. The van der Waals surface area contributed by atoms with Crippen molar-refractivity contribution in [2.75, 3.05) is 6.61 Å². The number of rotatable bonds is 5. The van der Waals surface area contributed by atoms with Crippen molar-refractivity contribution in [3.05, 3.63) is 0 Å². The monoisotopic (exact) mass is 227 g/mol. The van der Waals surface area contributed by atoms with Crippen LogP contribution in [0.5, 0.6) is 0 Å². The summed E-state index contributed by atoms with van der Waals surface area (Å²) in [6.45, 7) is 6.00. The maximum Gasteiger partial charge on any atom is 0.226 e. The molecular weight excluding hydrogens is 202 g/mol. The lowest BCUT2D eigenvalue weighted by Gasteiger charge is -2.34. The minimum atomic E-state index is -0.457. The van der Waals surface area contributed by atoms with Crippen LogP contribution in [0.3, 0.4) is 0 Å². The second-order valence-electron chi connectivity index (χ2n) is 5.37. The van der Waals surface area contributed by atoms with E-state index in [1.165, 1.54) is 0 Å². The van der Waals surface area contributed by atoms with Crippen LogP contribution in [0.1, 0.15) is 59.3 Å². The molecule has 0 aliphatic heterocycles. The first-order valence-corrected chi connectivity index (χ1v) is 6.45. The van der Waals surface area contributed by atoms with E-state index in [4.69, 9.17) is 0 Å². The van der Waals surface area contributed by atoms with Gasteiger partial charge in [-0.2, -0.15) is 0 Å². The van der Waals surface area contributed by atoms with E-state index < -0.39 is 5.54 Å². The van der Waals surface area contributed by atoms with E-state index in [1.807, 2.05) is 13.8 Å². The predicted molar refractivity (Wildman–Crippen MR) is 65.1 cm³/mol. The Hall–Kier alpha value is -0.570. The molecule has 1 fully saturated rings. The molecule has 0 heterocycles. The van der Waals surface area contributed by atoms with Gasteiger partial charge in [0.15, 0.2) is 0 Å². The second-order valence-corrected chi connectivity index (χ2v) is 5.37. The molecule has 1 saturated carbocycles. The predicted octanol–water partition coefficient (Wildman–Crippen LogP) is 2.23. The van der Waals surface area contributed by atoms with Crippen molar-refractivity contribution < 1.29 is 9.90 Å². The molecule has 0 spiro atoms. The first kappa shape index (κ1) is 13.5. The molecule has 1 aliphatic carbocycles. The molecule has 0 saturated heterocycles. The van der Waals surface area contributed by atoms with E-state index in [0.29, 0.717) is 0 Å². The first-order valence-electron chi connectivity index (χ1n) is 6.45. The van der Waals surface area contributed by atoms with Crippen LogP contribution < -0.4 is 5.32 Å². The van der Waals surface area contributed by atoms with Gasteiger partial charge in [-0.25, -0.2) is 0 Å². The number of amides is 1. The molecule has 1 atom stereocenters. The lowest BCUT2D eigenvalue weighted by Crippen LogP contribution is -2.53. The van der Waals surface area contributed by atoms with Gasteiger partial charge >= 0.3 is 0 Å². The molecule has 0 aromatic rings. The smallest absolute Gasteiger partial charge is 0.226 e. The van der Waals surface area contributed by atoms with Crippen LogP contribution in [0.15, 0.2) is 0 Å². The molecule has 1 amide bonds. The highest BCUT2D eigenvalue weighted by molar-refractivity contribution is 5.83. The molecule has 94 valence electrons. The second kappa shape index (κ2) is 5.17. The molecule has 3 heteroatoms. The van der Waals surface area contributed by atoms with Crippen LogP contribution >= 0.6 is 0 Å². The van der Waals surface area contributed by atoms with Crippen LogP contribution in [0.4, 0.5) is 0 Å². The fourth-order valence-corrected chi connectivity index (χ4v) is 2.44. The van der Waals surface area contributed by atoms with Crippen LogP contribution in [-0.2, 0) is 4.79 Å². The van der Waals surface area contributed by atoms with Crippen molar-refractivity contribution >= 4 is 5.91 Å². The van der Waals surface area contributed by atoms with E-state index in [9.17, 15) is 9.90 Å². The van der Waals surface area contributed by atoms with Crippen molar-refractivity contribution in [1.29, 1.82) is 0 Å². The van der Waals surface area contributed by atoms with Crippen molar-refractivity contribution in [3.8, 4) is 0 Å². The van der Waals surface area contributed by atoms with Gasteiger partial charge in [-0.3, -0.25) is 4.79 Å². The number of hydrogen-bond acceptors (Lipinski definition) is 2. The molecule has 0 aromatic heterocycles. The van der Waals surface area contributed by atoms with Gasteiger partial charge in [0.05, 0.1) is 12.1 Å². The normalized spacial score (nSPS) is 22.8. The molecule has 1 unspecified atom stereocenters. The molecule has 16 heavy (non-hydrogen) atoms. The first-order chi connectivity index (χ1) is 7.52. The Morgan fingerprint density at radius 2 is 1.94 bits per heavy atom. The highest BCUT2D eigenvalue weighted by Gasteiger charge is 2.41. The summed E-state index contributed by atoms with van der Waals surface area (Å²) in [7, 11) is 0. The third-order valence-electron chi connectivity index (χ3n) is 4.26.